The Labute approximate surface area is 82.6 Å². The van der Waals surface area contributed by atoms with Gasteiger partial charge in [-0.05, 0) is 19.1 Å². The molecule has 1 atom stereocenters. The number of benzene rings is 1. The van der Waals surface area contributed by atoms with Crippen LogP contribution in [-0.2, 0) is 4.74 Å². The molecule has 0 aromatic heterocycles. The lowest BCUT2D eigenvalue weighted by atomic mass is 10.3. The third-order valence-electron chi connectivity index (χ3n) is 1.71. The normalized spacial score (nSPS) is 12.5. The Kier molecular flexibility index (Phi) is 3.71. The maximum Gasteiger partial charge on any atom is 0.149 e. The van der Waals surface area contributed by atoms with E-state index in [9.17, 15) is 4.39 Å². The Bertz CT molecular complexity index is 304. The number of hydrogen-bond donors (Lipinski definition) is 1. The first-order valence-electron chi connectivity index (χ1n) is 4.34. The molecular formula is C10H14FNO2. The highest BCUT2D eigenvalue weighted by atomic mass is 19.1. The van der Waals surface area contributed by atoms with E-state index in [0.29, 0.717) is 12.4 Å². The monoisotopic (exact) mass is 199 g/mol. The standard InChI is InChI=1S/C10H14FNO2/c1-7(6-13-2)14-8-3-4-10(12)9(11)5-8/h3-5,7H,6,12H2,1-2H3. The molecule has 4 heteroatoms. The molecule has 0 aliphatic heterocycles. The molecule has 0 radical (unpaired) electrons. The summed E-state index contributed by atoms with van der Waals surface area (Å²) in [5.74, 6) is -0.00614. The van der Waals surface area contributed by atoms with E-state index in [1.165, 1.54) is 12.1 Å². The van der Waals surface area contributed by atoms with Crippen LogP contribution in [0.5, 0.6) is 5.75 Å². The van der Waals surface area contributed by atoms with Gasteiger partial charge in [0.2, 0.25) is 0 Å². The van der Waals surface area contributed by atoms with Crippen LogP contribution in [0.4, 0.5) is 10.1 Å². The molecule has 0 fully saturated rings. The van der Waals surface area contributed by atoms with Crippen molar-refractivity contribution in [3.05, 3.63) is 24.0 Å². The molecule has 0 spiro atoms. The molecule has 0 aliphatic carbocycles. The van der Waals surface area contributed by atoms with E-state index in [0.717, 1.165) is 0 Å². The van der Waals surface area contributed by atoms with Gasteiger partial charge in [-0.25, -0.2) is 4.39 Å². The molecular weight excluding hydrogens is 185 g/mol. The molecule has 0 saturated carbocycles. The van der Waals surface area contributed by atoms with Crippen molar-refractivity contribution in [3.8, 4) is 5.75 Å². The number of nitrogen functional groups attached to an aromatic ring is 1. The quantitative estimate of drug-likeness (QED) is 0.752. The highest BCUT2D eigenvalue weighted by Crippen LogP contribution is 2.18. The van der Waals surface area contributed by atoms with E-state index in [1.54, 1.807) is 13.2 Å². The largest absolute Gasteiger partial charge is 0.488 e. The van der Waals surface area contributed by atoms with Crippen LogP contribution in [0.1, 0.15) is 6.92 Å². The summed E-state index contributed by atoms with van der Waals surface area (Å²) in [5.41, 5.74) is 5.44. The number of hydrogen-bond acceptors (Lipinski definition) is 3. The van der Waals surface area contributed by atoms with Gasteiger partial charge in [-0.2, -0.15) is 0 Å². The Morgan fingerprint density at radius 1 is 1.50 bits per heavy atom. The zero-order valence-electron chi connectivity index (χ0n) is 8.29. The molecule has 1 rings (SSSR count). The zero-order valence-corrected chi connectivity index (χ0v) is 8.29. The minimum atomic E-state index is -0.466. The van der Waals surface area contributed by atoms with Crippen LogP contribution in [0, 0.1) is 5.82 Å². The molecule has 78 valence electrons. The van der Waals surface area contributed by atoms with Gasteiger partial charge >= 0.3 is 0 Å². The van der Waals surface area contributed by atoms with Gasteiger partial charge in [0, 0.05) is 13.2 Å². The number of halogens is 1. The van der Waals surface area contributed by atoms with Crippen LogP contribution in [-0.4, -0.2) is 19.8 Å². The Morgan fingerprint density at radius 3 is 2.79 bits per heavy atom. The van der Waals surface area contributed by atoms with Crippen molar-refractivity contribution < 1.29 is 13.9 Å². The summed E-state index contributed by atoms with van der Waals surface area (Å²) in [5, 5.41) is 0. The van der Waals surface area contributed by atoms with E-state index < -0.39 is 5.82 Å². The molecule has 14 heavy (non-hydrogen) atoms. The highest BCUT2D eigenvalue weighted by Gasteiger charge is 2.05. The molecule has 0 heterocycles. The van der Waals surface area contributed by atoms with Crippen LogP contribution >= 0.6 is 0 Å². The molecule has 1 aromatic rings. The van der Waals surface area contributed by atoms with Crippen molar-refractivity contribution in [3.63, 3.8) is 0 Å². The van der Waals surface area contributed by atoms with E-state index in [4.69, 9.17) is 15.2 Å². The van der Waals surface area contributed by atoms with Crippen molar-refractivity contribution in [2.24, 2.45) is 0 Å². The van der Waals surface area contributed by atoms with Crippen molar-refractivity contribution in [1.29, 1.82) is 0 Å². The van der Waals surface area contributed by atoms with Crippen molar-refractivity contribution in [1.82, 2.24) is 0 Å². The van der Waals surface area contributed by atoms with E-state index >= 15 is 0 Å². The fourth-order valence-corrected chi connectivity index (χ4v) is 1.08. The number of methoxy groups -OCH3 is 1. The zero-order chi connectivity index (χ0) is 10.6. The predicted octanol–water partition coefficient (Wildman–Crippen LogP) is 1.82. The number of nitrogens with two attached hydrogens (primary N) is 1. The maximum absolute atomic E-state index is 13.0. The number of ether oxygens (including phenoxy) is 2. The first kappa shape index (κ1) is 10.8. The SMILES string of the molecule is COCC(C)Oc1ccc(N)c(F)c1. The van der Waals surface area contributed by atoms with E-state index in [-0.39, 0.29) is 11.8 Å². The van der Waals surface area contributed by atoms with Crippen LogP contribution < -0.4 is 10.5 Å². The summed E-state index contributed by atoms with van der Waals surface area (Å²) >= 11 is 0. The number of anilines is 1. The van der Waals surface area contributed by atoms with Crippen molar-refractivity contribution in [2.75, 3.05) is 19.5 Å². The predicted molar refractivity (Wildman–Crippen MR) is 52.8 cm³/mol. The average molecular weight is 199 g/mol. The van der Waals surface area contributed by atoms with Gasteiger partial charge in [0.25, 0.3) is 0 Å². The Hall–Kier alpha value is -1.29. The number of rotatable bonds is 4. The summed E-state index contributed by atoms with van der Waals surface area (Å²) in [7, 11) is 1.59. The van der Waals surface area contributed by atoms with Crippen molar-refractivity contribution in [2.45, 2.75) is 13.0 Å². The van der Waals surface area contributed by atoms with Crippen LogP contribution in [0.15, 0.2) is 18.2 Å². The Morgan fingerprint density at radius 2 is 2.21 bits per heavy atom. The summed E-state index contributed by atoms with van der Waals surface area (Å²) in [4.78, 5) is 0. The van der Waals surface area contributed by atoms with Crippen LogP contribution in [0.2, 0.25) is 0 Å². The van der Waals surface area contributed by atoms with Gasteiger partial charge in [0.1, 0.15) is 17.7 Å². The molecule has 0 saturated heterocycles. The topological polar surface area (TPSA) is 44.5 Å². The molecule has 0 amide bonds. The van der Waals surface area contributed by atoms with Gasteiger partial charge in [-0.3, -0.25) is 0 Å². The summed E-state index contributed by atoms with van der Waals surface area (Å²) in [6.07, 6.45) is -0.108. The van der Waals surface area contributed by atoms with Gasteiger partial charge in [0.05, 0.1) is 12.3 Å². The molecule has 0 bridgehead atoms. The fraction of sp³-hybridized carbons (Fsp3) is 0.400. The van der Waals surface area contributed by atoms with E-state index in [1.807, 2.05) is 6.92 Å². The summed E-state index contributed by atoms with van der Waals surface area (Å²) in [6.45, 7) is 2.31. The second-order valence-electron chi connectivity index (χ2n) is 3.07. The molecule has 3 nitrogen and oxygen atoms in total. The van der Waals surface area contributed by atoms with Gasteiger partial charge in [-0.1, -0.05) is 0 Å². The van der Waals surface area contributed by atoms with Gasteiger partial charge in [0.15, 0.2) is 0 Å². The minimum absolute atomic E-state index is 0.108. The first-order valence-corrected chi connectivity index (χ1v) is 4.34. The van der Waals surface area contributed by atoms with Gasteiger partial charge < -0.3 is 15.2 Å². The fourth-order valence-electron chi connectivity index (χ4n) is 1.08. The Balaban J connectivity index is 2.63. The lowest BCUT2D eigenvalue weighted by molar-refractivity contribution is 0.0919. The van der Waals surface area contributed by atoms with E-state index in [2.05, 4.69) is 0 Å². The van der Waals surface area contributed by atoms with Crippen LogP contribution in [0.25, 0.3) is 0 Å². The second-order valence-corrected chi connectivity index (χ2v) is 3.07. The molecule has 2 N–H and O–H groups in total. The highest BCUT2D eigenvalue weighted by molar-refractivity contribution is 5.43. The lowest BCUT2D eigenvalue weighted by Crippen LogP contribution is -2.18. The average Bonchev–Trinajstić information content (AvgIpc) is 2.12. The third kappa shape index (κ3) is 2.88. The second kappa shape index (κ2) is 4.81. The first-order chi connectivity index (χ1) is 6.63. The minimum Gasteiger partial charge on any atom is -0.488 e. The third-order valence-corrected chi connectivity index (χ3v) is 1.71. The lowest BCUT2D eigenvalue weighted by Gasteiger charge is -2.13. The van der Waals surface area contributed by atoms with Gasteiger partial charge in [-0.15, -0.1) is 0 Å². The summed E-state index contributed by atoms with van der Waals surface area (Å²) in [6, 6.07) is 4.37. The van der Waals surface area contributed by atoms with Crippen molar-refractivity contribution >= 4 is 5.69 Å². The smallest absolute Gasteiger partial charge is 0.149 e. The summed E-state index contributed by atoms with van der Waals surface area (Å²) < 4.78 is 23.2. The molecule has 0 aliphatic rings. The molecule has 1 aromatic carbocycles. The maximum atomic E-state index is 13.0. The molecule has 1 unspecified atom stereocenters. The van der Waals surface area contributed by atoms with Crippen LogP contribution in [0.3, 0.4) is 0 Å².